The number of hydrogen-bond donors (Lipinski definition) is 0. The van der Waals surface area contributed by atoms with E-state index in [1.165, 1.54) is 43.8 Å². The molecule has 0 atom stereocenters. The van der Waals surface area contributed by atoms with E-state index in [1.54, 1.807) is 0 Å². The zero-order chi connectivity index (χ0) is 30.5. The number of benzene rings is 8. The molecule has 9 rings (SSSR count). The average molecular weight is 588 g/mol. The van der Waals surface area contributed by atoms with Gasteiger partial charge in [0.2, 0.25) is 0 Å². The van der Waals surface area contributed by atoms with E-state index in [4.69, 9.17) is 4.42 Å². The van der Waals surface area contributed by atoms with Crippen LogP contribution in [-0.4, -0.2) is 0 Å². The van der Waals surface area contributed by atoms with Gasteiger partial charge in [-0.05, 0) is 86.9 Å². The lowest BCUT2D eigenvalue weighted by atomic mass is 9.95. The van der Waals surface area contributed by atoms with Crippen LogP contribution >= 0.6 is 0 Å². The molecule has 0 amide bonds. The first-order chi connectivity index (χ1) is 22.8. The lowest BCUT2D eigenvalue weighted by Gasteiger charge is -2.27. The van der Waals surface area contributed by atoms with Crippen LogP contribution in [0.5, 0.6) is 0 Å². The molecule has 0 aliphatic carbocycles. The van der Waals surface area contributed by atoms with Gasteiger partial charge in [0.1, 0.15) is 11.2 Å². The van der Waals surface area contributed by atoms with Crippen LogP contribution in [0.15, 0.2) is 180 Å². The first-order valence-electron chi connectivity index (χ1n) is 15.7. The van der Waals surface area contributed by atoms with Gasteiger partial charge in [0, 0.05) is 27.5 Å². The Morgan fingerprint density at radius 1 is 0.348 bits per heavy atom. The van der Waals surface area contributed by atoms with Gasteiger partial charge in [-0.1, -0.05) is 127 Å². The number of hydrogen-bond acceptors (Lipinski definition) is 2. The number of para-hydroxylation sites is 1. The number of rotatable bonds is 5. The third kappa shape index (κ3) is 4.43. The summed E-state index contributed by atoms with van der Waals surface area (Å²) in [5, 5.41) is 7.13. The smallest absolute Gasteiger partial charge is 0.135 e. The molecule has 0 saturated carbocycles. The van der Waals surface area contributed by atoms with Crippen molar-refractivity contribution in [2.24, 2.45) is 0 Å². The Morgan fingerprint density at radius 2 is 1.00 bits per heavy atom. The standard InChI is InChI=1S/C44H29NO/c1-2-10-30(11-3-1)31-20-23-35(24-21-31)45(36-25-27-44-41(29-36)40-16-6-7-19-43(40)46-44)42-18-9-14-33-28-34(22-26-39(33)42)38-17-8-13-32-12-4-5-15-37(32)38/h1-29H. The molecule has 0 saturated heterocycles. The summed E-state index contributed by atoms with van der Waals surface area (Å²) in [4.78, 5) is 2.37. The van der Waals surface area contributed by atoms with E-state index in [0.717, 1.165) is 39.0 Å². The number of anilines is 3. The molecule has 0 unspecified atom stereocenters. The Balaban J connectivity index is 1.23. The zero-order valence-corrected chi connectivity index (χ0v) is 25.1. The van der Waals surface area contributed by atoms with Gasteiger partial charge in [-0.25, -0.2) is 0 Å². The molecule has 46 heavy (non-hydrogen) atoms. The molecular formula is C44H29NO. The summed E-state index contributed by atoms with van der Waals surface area (Å²) < 4.78 is 6.20. The van der Waals surface area contributed by atoms with E-state index >= 15 is 0 Å². The molecule has 2 nitrogen and oxygen atoms in total. The van der Waals surface area contributed by atoms with Crippen LogP contribution in [0.4, 0.5) is 17.1 Å². The van der Waals surface area contributed by atoms with E-state index in [0.29, 0.717) is 0 Å². The van der Waals surface area contributed by atoms with Crippen molar-refractivity contribution >= 4 is 60.5 Å². The van der Waals surface area contributed by atoms with Gasteiger partial charge in [-0.2, -0.15) is 0 Å². The van der Waals surface area contributed by atoms with Gasteiger partial charge in [0.05, 0.1) is 5.69 Å². The maximum absolute atomic E-state index is 6.20. The largest absolute Gasteiger partial charge is 0.456 e. The number of furan rings is 1. The summed E-state index contributed by atoms with van der Waals surface area (Å²) in [6, 6.07) is 62.8. The molecule has 0 bridgehead atoms. The zero-order valence-electron chi connectivity index (χ0n) is 25.1. The number of fused-ring (bicyclic) bond motifs is 5. The summed E-state index contributed by atoms with van der Waals surface area (Å²) in [5.41, 5.74) is 9.96. The molecular weight excluding hydrogens is 558 g/mol. The molecule has 8 aromatic carbocycles. The molecule has 9 aromatic rings. The van der Waals surface area contributed by atoms with Gasteiger partial charge in [-0.15, -0.1) is 0 Å². The molecule has 216 valence electrons. The summed E-state index contributed by atoms with van der Waals surface area (Å²) in [6.07, 6.45) is 0. The lowest BCUT2D eigenvalue weighted by molar-refractivity contribution is 0.669. The maximum atomic E-state index is 6.20. The van der Waals surface area contributed by atoms with Gasteiger partial charge in [0.15, 0.2) is 0 Å². The molecule has 1 aromatic heterocycles. The Morgan fingerprint density at radius 3 is 1.89 bits per heavy atom. The average Bonchev–Trinajstić information content (AvgIpc) is 3.50. The Hall–Kier alpha value is -6.12. The first kappa shape index (κ1) is 26.3. The van der Waals surface area contributed by atoms with Crippen molar-refractivity contribution in [2.45, 2.75) is 0 Å². The fraction of sp³-hybridized carbons (Fsp3) is 0. The van der Waals surface area contributed by atoms with Crippen molar-refractivity contribution < 1.29 is 4.42 Å². The SMILES string of the molecule is c1ccc(-c2ccc(N(c3ccc4oc5ccccc5c4c3)c3cccc4cc(-c5cccc6ccccc56)ccc34)cc2)cc1. The van der Waals surface area contributed by atoms with E-state index < -0.39 is 0 Å². The summed E-state index contributed by atoms with van der Waals surface area (Å²) in [5.74, 6) is 0. The minimum atomic E-state index is 0.891. The fourth-order valence-corrected chi connectivity index (χ4v) is 6.82. The van der Waals surface area contributed by atoms with Crippen molar-refractivity contribution in [1.82, 2.24) is 0 Å². The molecule has 1 heterocycles. The van der Waals surface area contributed by atoms with Gasteiger partial charge in [0.25, 0.3) is 0 Å². The van der Waals surface area contributed by atoms with E-state index in [9.17, 15) is 0 Å². The molecule has 0 fully saturated rings. The molecule has 0 N–H and O–H groups in total. The quantitative estimate of drug-likeness (QED) is 0.199. The van der Waals surface area contributed by atoms with Crippen LogP contribution in [0, 0.1) is 0 Å². The van der Waals surface area contributed by atoms with Crippen LogP contribution in [0.3, 0.4) is 0 Å². The normalized spacial score (nSPS) is 11.5. The van der Waals surface area contributed by atoms with E-state index in [2.05, 4.69) is 169 Å². The summed E-state index contributed by atoms with van der Waals surface area (Å²) in [7, 11) is 0. The molecule has 0 spiro atoms. The van der Waals surface area contributed by atoms with Gasteiger partial charge in [-0.3, -0.25) is 0 Å². The topological polar surface area (TPSA) is 16.4 Å². The van der Waals surface area contributed by atoms with Gasteiger partial charge >= 0.3 is 0 Å². The third-order valence-electron chi connectivity index (χ3n) is 9.05. The number of nitrogens with zero attached hydrogens (tertiary/aromatic N) is 1. The van der Waals surface area contributed by atoms with Crippen LogP contribution in [0.25, 0.3) is 65.7 Å². The second-order valence-corrected chi connectivity index (χ2v) is 11.8. The summed E-state index contributed by atoms with van der Waals surface area (Å²) in [6.45, 7) is 0. The first-order valence-corrected chi connectivity index (χ1v) is 15.7. The Kier molecular flexibility index (Phi) is 6.17. The maximum Gasteiger partial charge on any atom is 0.135 e. The molecule has 0 radical (unpaired) electrons. The Bertz CT molecular complexity index is 2520. The van der Waals surface area contributed by atoms with Crippen LogP contribution in [0.1, 0.15) is 0 Å². The molecule has 2 heteroatoms. The fourth-order valence-electron chi connectivity index (χ4n) is 6.82. The van der Waals surface area contributed by atoms with Gasteiger partial charge < -0.3 is 9.32 Å². The third-order valence-corrected chi connectivity index (χ3v) is 9.05. The van der Waals surface area contributed by atoms with Crippen molar-refractivity contribution in [3.05, 3.63) is 176 Å². The second kappa shape index (κ2) is 10.8. The highest BCUT2D eigenvalue weighted by Crippen LogP contribution is 2.43. The van der Waals surface area contributed by atoms with Crippen molar-refractivity contribution in [3.8, 4) is 22.3 Å². The van der Waals surface area contributed by atoms with Crippen molar-refractivity contribution in [1.29, 1.82) is 0 Å². The lowest BCUT2D eigenvalue weighted by Crippen LogP contribution is -2.10. The minimum Gasteiger partial charge on any atom is -0.456 e. The van der Waals surface area contributed by atoms with Crippen molar-refractivity contribution in [2.75, 3.05) is 4.90 Å². The highest BCUT2D eigenvalue weighted by atomic mass is 16.3. The van der Waals surface area contributed by atoms with Crippen LogP contribution < -0.4 is 4.90 Å². The van der Waals surface area contributed by atoms with Crippen molar-refractivity contribution in [3.63, 3.8) is 0 Å². The predicted molar refractivity (Wildman–Crippen MR) is 194 cm³/mol. The summed E-state index contributed by atoms with van der Waals surface area (Å²) >= 11 is 0. The predicted octanol–water partition coefficient (Wildman–Crippen LogP) is 12.7. The Labute approximate surface area is 267 Å². The highest BCUT2D eigenvalue weighted by molar-refractivity contribution is 6.08. The van der Waals surface area contributed by atoms with E-state index in [1.807, 2.05) is 12.1 Å². The molecule has 0 aliphatic heterocycles. The van der Waals surface area contributed by atoms with Crippen LogP contribution in [-0.2, 0) is 0 Å². The highest BCUT2D eigenvalue weighted by Gasteiger charge is 2.18. The van der Waals surface area contributed by atoms with Crippen LogP contribution in [0.2, 0.25) is 0 Å². The monoisotopic (exact) mass is 587 g/mol. The second-order valence-electron chi connectivity index (χ2n) is 11.8. The van der Waals surface area contributed by atoms with E-state index in [-0.39, 0.29) is 0 Å². The molecule has 0 aliphatic rings. The minimum absolute atomic E-state index is 0.891.